The minimum absolute atomic E-state index is 0.390. The summed E-state index contributed by atoms with van der Waals surface area (Å²) in [6.07, 6.45) is 9.79. The Kier molecular flexibility index (Phi) is 5.18. The van der Waals surface area contributed by atoms with Crippen molar-refractivity contribution in [2.24, 2.45) is 0 Å². The second kappa shape index (κ2) is 8.30. The van der Waals surface area contributed by atoms with Crippen LogP contribution in [0.15, 0.2) is 42.0 Å². The van der Waals surface area contributed by atoms with Gasteiger partial charge in [-0.3, -0.25) is 9.88 Å². The summed E-state index contributed by atoms with van der Waals surface area (Å²) in [5.41, 5.74) is 2.43. The molecule has 1 fully saturated rings. The van der Waals surface area contributed by atoms with Crippen molar-refractivity contribution in [3.63, 3.8) is 0 Å². The molecule has 4 aromatic rings. The number of fused-ring (bicyclic) bond motifs is 3. The molecule has 0 bridgehead atoms. The summed E-state index contributed by atoms with van der Waals surface area (Å²) < 4.78 is 0. The maximum atomic E-state index is 5.03. The minimum Gasteiger partial charge on any atom is -0.367 e. The zero-order valence-corrected chi connectivity index (χ0v) is 19.0. The fraction of sp³-hybridized carbons (Fsp3) is 0.375. The summed E-state index contributed by atoms with van der Waals surface area (Å²) in [5, 5.41) is 7.21. The number of anilines is 1. The van der Waals surface area contributed by atoms with Gasteiger partial charge in [-0.1, -0.05) is 6.07 Å². The van der Waals surface area contributed by atoms with Crippen LogP contribution >= 0.6 is 22.7 Å². The largest absolute Gasteiger partial charge is 0.367 e. The average molecular weight is 448 g/mol. The molecule has 1 saturated heterocycles. The molecule has 5 nitrogen and oxygen atoms in total. The second-order valence-electron chi connectivity index (χ2n) is 8.33. The Bertz CT molecular complexity index is 1180. The number of nitrogens with zero attached hydrogens (tertiary/aromatic N) is 4. The van der Waals surface area contributed by atoms with E-state index in [4.69, 9.17) is 9.97 Å². The van der Waals surface area contributed by atoms with Crippen LogP contribution in [0.1, 0.15) is 40.6 Å². The van der Waals surface area contributed by atoms with E-state index < -0.39 is 0 Å². The maximum Gasteiger partial charge on any atom is 0.164 e. The highest BCUT2D eigenvalue weighted by molar-refractivity contribution is 7.19. The van der Waals surface area contributed by atoms with Gasteiger partial charge in [-0.2, -0.15) is 0 Å². The molecule has 0 radical (unpaired) electrons. The van der Waals surface area contributed by atoms with Crippen LogP contribution in [0, 0.1) is 0 Å². The summed E-state index contributed by atoms with van der Waals surface area (Å²) in [5.74, 6) is 1.75. The molecule has 0 aromatic carbocycles. The molecule has 4 aromatic heterocycles. The van der Waals surface area contributed by atoms with Gasteiger partial charge in [0.1, 0.15) is 10.6 Å². The summed E-state index contributed by atoms with van der Waals surface area (Å²) in [6, 6.07) is 8.82. The van der Waals surface area contributed by atoms with E-state index in [0.29, 0.717) is 6.04 Å². The Morgan fingerprint density at radius 1 is 1.06 bits per heavy atom. The summed E-state index contributed by atoms with van der Waals surface area (Å²) >= 11 is 3.70. The topological polar surface area (TPSA) is 53.9 Å². The number of rotatable bonds is 6. The van der Waals surface area contributed by atoms with Crippen molar-refractivity contribution in [3.05, 3.63) is 57.4 Å². The van der Waals surface area contributed by atoms with Crippen LogP contribution in [0.2, 0.25) is 0 Å². The van der Waals surface area contributed by atoms with Crippen LogP contribution in [-0.2, 0) is 12.8 Å². The third-order valence-corrected chi connectivity index (χ3v) is 8.56. The molecule has 1 aliphatic carbocycles. The van der Waals surface area contributed by atoms with Crippen LogP contribution in [0.3, 0.4) is 0 Å². The molecular weight excluding hydrogens is 422 g/mol. The Balaban J connectivity index is 1.39. The molecule has 31 heavy (non-hydrogen) atoms. The van der Waals surface area contributed by atoms with E-state index in [1.54, 1.807) is 6.20 Å². The average Bonchev–Trinajstić information content (AvgIpc) is 3.59. The molecule has 0 unspecified atom stereocenters. The zero-order valence-electron chi connectivity index (χ0n) is 17.4. The van der Waals surface area contributed by atoms with Gasteiger partial charge < -0.3 is 5.32 Å². The third kappa shape index (κ3) is 3.64. The van der Waals surface area contributed by atoms with Gasteiger partial charge in [0.05, 0.1) is 11.4 Å². The third-order valence-electron chi connectivity index (χ3n) is 6.40. The molecule has 1 atom stereocenters. The van der Waals surface area contributed by atoms with Crippen LogP contribution in [0.25, 0.3) is 21.6 Å². The quantitative estimate of drug-likeness (QED) is 0.420. The van der Waals surface area contributed by atoms with Crippen LogP contribution in [-0.4, -0.2) is 39.5 Å². The van der Waals surface area contributed by atoms with Gasteiger partial charge in [0, 0.05) is 34.3 Å². The molecule has 1 aliphatic heterocycles. The van der Waals surface area contributed by atoms with Crippen molar-refractivity contribution in [2.75, 3.05) is 25.0 Å². The van der Waals surface area contributed by atoms with Crippen molar-refractivity contribution < 1.29 is 0 Å². The highest BCUT2D eigenvalue weighted by atomic mass is 32.1. The Morgan fingerprint density at radius 2 is 2.00 bits per heavy atom. The van der Waals surface area contributed by atoms with Crippen molar-refractivity contribution in [1.82, 2.24) is 19.9 Å². The molecule has 2 aliphatic rings. The first-order valence-corrected chi connectivity index (χ1v) is 12.8. The van der Waals surface area contributed by atoms with Gasteiger partial charge in [-0.05, 0) is 74.3 Å². The first-order chi connectivity index (χ1) is 15.4. The molecule has 0 saturated carbocycles. The number of likely N-dealkylation sites (tertiary alicyclic amines) is 1. The molecule has 0 spiro atoms. The van der Waals surface area contributed by atoms with Crippen LogP contribution in [0.5, 0.6) is 0 Å². The van der Waals surface area contributed by atoms with Crippen molar-refractivity contribution >= 4 is 38.7 Å². The lowest BCUT2D eigenvalue weighted by Gasteiger charge is -2.27. The predicted octanol–water partition coefficient (Wildman–Crippen LogP) is 5.55. The van der Waals surface area contributed by atoms with Crippen molar-refractivity contribution in [3.8, 4) is 11.4 Å². The molecule has 5 heterocycles. The fourth-order valence-electron chi connectivity index (χ4n) is 4.88. The van der Waals surface area contributed by atoms with Gasteiger partial charge in [-0.15, -0.1) is 22.7 Å². The molecule has 1 N–H and O–H groups in total. The smallest absolute Gasteiger partial charge is 0.164 e. The monoisotopic (exact) mass is 447 g/mol. The highest BCUT2D eigenvalue weighted by Crippen LogP contribution is 2.41. The van der Waals surface area contributed by atoms with Crippen molar-refractivity contribution in [1.29, 1.82) is 0 Å². The van der Waals surface area contributed by atoms with Gasteiger partial charge in [0.2, 0.25) is 0 Å². The first-order valence-electron chi connectivity index (χ1n) is 11.1. The normalized spacial score (nSPS) is 17.3. The molecular formula is C24H25N5S2. The second-order valence-corrected chi connectivity index (χ2v) is 10.4. The maximum absolute atomic E-state index is 5.03. The molecule has 0 amide bonds. The van der Waals surface area contributed by atoms with E-state index in [-0.39, 0.29) is 0 Å². The van der Waals surface area contributed by atoms with E-state index >= 15 is 0 Å². The zero-order chi connectivity index (χ0) is 20.6. The number of hydrogen-bond acceptors (Lipinski definition) is 7. The number of aryl methyl sites for hydroxylation is 2. The van der Waals surface area contributed by atoms with E-state index in [0.717, 1.165) is 35.0 Å². The van der Waals surface area contributed by atoms with E-state index in [2.05, 4.69) is 32.7 Å². The minimum atomic E-state index is 0.390. The number of nitrogens with one attached hydrogen (secondary N) is 1. The van der Waals surface area contributed by atoms with Crippen LogP contribution < -0.4 is 5.32 Å². The predicted molar refractivity (Wildman–Crippen MR) is 129 cm³/mol. The van der Waals surface area contributed by atoms with Gasteiger partial charge in [0.15, 0.2) is 5.82 Å². The standard InChI is InChI=1S/C24H25N5S2/c1-2-12-29(11-1)18(20-9-5-13-30-20)15-26-23-21-17-7-3-8-19(17)31-24(21)28-22(27-23)16-6-4-10-25-14-16/h4-6,9-10,13-14,18H,1-3,7-8,11-12,15H2,(H,26,27,28)/t18-/m1/s1. The number of hydrogen-bond donors (Lipinski definition) is 1. The number of aromatic nitrogens is 3. The fourth-order valence-corrected chi connectivity index (χ4v) is 7.01. The highest BCUT2D eigenvalue weighted by Gasteiger charge is 2.26. The van der Waals surface area contributed by atoms with Crippen molar-refractivity contribution in [2.45, 2.75) is 38.1 Å². The first kappa shape index (κ1) is 19.3. The molecule has 158 valence electrons. The van der Waals surface area contributed by atoms with E-state index in [1.807, 2.05) is 41.0 Å². The van der Waals surface area contributed by atoms with Crippen LogP contribution in [0.4, 0.5) is 5.82 Å². The Morgan fingerprint density at radius 3 is 2.81 bits per heavy atom. The van der Waals surface area contributed by atoms with Gasteiger partial charge in [0.25, 0.3) is 0 Å². The van der Waals surface area contributed by atoms with Gasteiger partial charge >= 0.3 is 0 Å². The summed E-state index contributed by atoms with van der Waals surface area (Å²) in [6.45, 7) is 3.22. The summed E-state index contributed by atoms with van der Waals surface area (Å²) in [4.78, 5) is 20.9. The van der Waals surface area contributed by atoms with Gasteiger partial charge in [-0.25, -0.2) is 9.97 Å². The SMILES string of the molecule is c1cncc(-c2nc(NC[C@H](c3cccs3)N3CCCC3)c3c4c(sc3n2)CCC4)c1. The van der Waals surface area contributed by atoms with E-state index in [1.165, 1.54) is 59.5 Å². The molecule has 7 heteroatoms. The Labute approximate surface area is 190 Å². The Hall–Kier alpha value is -2.35. The lowest BCUT2D eigenvalue weighted by atomic mass is 10.1. The lowest BCUT2D eigenvalue weighted by molar-refractivity contribution is 0.259. The number of thiophene rings is 2. The molecule has 6 rings (SSSR count). The number of pyridine rings is 1. The van der Waals surface area contributed by atoms with E-state index in [9.17, 15) is 0 Å². The summed E-state index contributed by atoms with van der Waals surface area (Å²) in [7, 11) is 0. The lowest BCUT2D eigenvalue weighted by Crippen LogP contribution is -2.30.